The van der Waals surface area contributed by atoms with Crippen molar-refractivity contribution in [2.45, 2.75) is 44.9 Å². The first kappa shape index (κ1) is 17.7. The number of hydrogen-bond donors (Lipinski definition) is 0. The van der Waals surface area contributed by atoms with Gasteiger partial charge in [0.2, 0.25) is 5.91 Å². The van der Waals surface area contributed by atoms with E-state index in [1.54, 1.807) is 4.90 Å². The van der Waals surface area contributed by atoms with Crippen LogP contribution in [0, 0.1) is 0 Å². The fourth-order valence-electron chi connectivity index (χ4n) is 2.43. The number of likely N-dealkylation sites (tertiary alicyclic amines) is 1. The summed E-state index contributed by atoms with van der Waals surface area (Å²) < 4.78 is 42.2. The highest BCUT2D eigenvalue weighted by Gasteiger charge is 2.37. The lowest BCUT2D eigenvalue weighted by molar-refractivity contribution is -0.166. The van der Waals surface area contributed by atoms with Crippen molar-refractivity contribution in [3.8, 4) is 0 Å². The largest absolute Gasteiger partial charge is 0.468 e. The summed E-state index contributed by atoms with van der Waals surface area (Å²) in [5.41, 5.74) is 0. The smallest absolute Gasteiger partial charge is 0.406 e. The Morgan fingerprint density at radius 2 is 2.00 bits per heavy atom. The normalized spacial score (nSPS) is 19.9. The van der Waals surface area contributed by atoms with Gasteiger partial charge in [0.25, 0.3) is 0 Å². The molecular formula is C13H21F3N2O3. The van der Waals surface area contributed by atoms with Crippen molar-refractivity contribution >= 4 is 11.9 Å². The Labute approximate surface area is 122 Å². The molecule has 0 unspecified atom stereocenters. The number of methoxy groups -OCH3 is 1. The molecule has 5 nitrogen and oxygen atoms in total. The van der Waals surface area contributed by atoms with Crippen LogP contribution in [-0.2, 0) is 14.3 Å². The van der Waals surface area contributed by atoms with Gasteiger partial charge < -0.3 is 9.64 Å². The Balaban J connectivity index is 2.70. The Morgan fingerprint density at radius 1 is 1.38 bits per heavy atom. The van der Waals surface area contributed by atoms with Gasteiger partial charge in [0.05, 0.1) is 13.7 Å². The third-order valence-electron chi connectivity index (χ3n) is 3.47. The number of nitrogens with zero attached hydrogens (tertiary/aromatic N) is 2. The molecule has 1 saturated heterocycles. The van der Waals surface area contributed by atoms with Crippen LogP contribution in [0.15, 0.2) is 0 Å². The van der Waals surface area contributed by atoms with Gasteiger partial charge in [-0.05, 0) is 33.2 Å². The number of halogens is 3. The number of carbonyl (C=O) groups is 2. The van der Waals surface area contributed by atoms with E-state index in [1.807, 2.05) is 0 Å². The van der Waals surface area contributed by atoms with Gasteiger partial charge in [-0.25, -0.2) is 0 Å². The van der Waals surface area contributed by atoms with Gasteiger partial charge in [0.15, 0.2) is 0 Å². The number of ether oxygens (including phenoxy) is 1. The van der Waals surface area contributed by atoms with E-state index in [-0.39, 0.29) is 6.54 Å². The van der Waals surface area contributed by atoms with Gasteiger partial charge in [-0.1, -0.05) is 0 Å². The summed E-state index contributed by atoms with van der Waals surface area (Å²) in [6.07, 6.45) is -3.17. The maximum atomic E-state index is 12.5. The van der Waals surface area contributed by atoms with Crippen molar-refractivity contribution in [3.05, 3.63) is 0 Å². The van der Waals surface area contributed by atoms with Gasteiger partial charge in [-0.3, -0.25) is 14.5 Å². The average molecular weight is 310 g/mol. The second-order valence-corrected chi connectivity index (χ2v) is 5.38. The molecule has 0 aromatic carbocycles. The molecule has 8 heteroatoms. The summed E-state index contributed by atoms with van der Waals surface area (Å²) in [6, 6.07) is -1.10. The number of amides is 1. The molecule has 1 aliphatic heterocycles. The fourth-order valence-corrected chi connectivity index (χ4v) is 2.43. The predicted molar refractivity (Wildman–Crippen MR) is 69.5 cm³/mol. The lowest BCUT2D eigenvalue weighted by Gasteiger charge is -2.30. The molecule has 1 heterocycles. The third-order valence-corrected chi connectivity index (χ3v) is 3.47. The first-order valence-corrected chi connectivity index (χ1v) is 6.83. The summed E-state index contributed by atoms with van der Waals surface area (Å²) in [7, 11) is 1.25. The molecule has 0 saturated carbocycles. The van der Waals surface area contributed by atoms with Crippen LogP contribution >= 0.6 is 0 Å². The van der Waals surface area contributed by atoms with E-state index in [2.05, 4.69) is 4.74 Å². The number of rotatable bonds is 5. The zero-order valence-electron chi connectivity index (χ0n) is 12.4. The van der Waals surface area contributed by atoms with Gasteiger partial charge in [-0.2, -0.15) is 13.2 Å². The van der Waals surface area contributed by atoms with Crippen LogP contribution in [0.25, 0.3) is 0 Å². The van der Waals surface area contributed by atoms with Crippen LogP contribution in [0.5, 0.6) is 0 Å². The molecular weight excluding hydrogens is 289 g/mol. The molecule has 21 heavy (non-hydrogen) atoms. The monoisotopic (exact) mass is 310 g/mol. The highest BCUT2D eigenvalue weighted by molar-refractivity contribution is 5.81. The molecule has 0 spiro atoms. The quantitative estimate of drug-likeness (QED) is 0.721. The first-order chi connectivity index (χ1) is 9.65. The lowest BCUT2D eigenvalue weighted by atomic mass is 10.2. The van der Waals surface area contributed by atoms with Crippen molar-refractivity contribution < 1.29 is 27.5 Å². The maximum absolute atomic E-state index is 12.5. The molecule has 1 aliphatic rings. The average Bonchev–Trinajstić information content (AvgIpc) is 2.81. The Bertz CT molecular complexity index is 385. The van der Waals surface area contributed by atoms with Gasteiger partial charge in [-0.15, -0.1) is 0 Å². The highest BCUT2D eigenvalue weighted by Crippen LogP contribution is 2.21. The minimum Gasteiger partial charge on any atom is -0.468 e. The summed E-state index contributed by atoms with van der Waals surface area (Å²) in [5, 5.41) is 0. The van der Waals surface area contributed by atoms with Crippen LogP contribution in [0.2, 0.25) is 0 Å². The Morgan fingerprint density at radius 3 is 2.48 bits per heavy atom. The van der Waals surface area contributed by atoms with Crippen molar-refractivity contribution in [1.82, 2.24) is 9.80 Å². The van der Waals surface area contributed by atoms with Crippen molar-refractivity contribution in [3.63, 3.8) is 0 Å². The zero-order chi connectivity index (χ0) is 16.2. The maximum Gasteiger partial charge on any atom is 0.406 e. The highest BCUT2D eigenvalue weighted by atomic mass is 19.4. The van der Waals surface area contributed by atoms with E-state index in [1.165, 1.54) is 21.0 Å². The molecule has 0 aromatic heterocycles. The minimum absolute atomic E-state index is 0.200. The summed E-state index contributed by atoms with van der Waals surface area (Å²) in [4.78, 5) is 26.0. The van der Waals surface area contributed by atoms with E-state index >= 15 is 0 Å². The van der Waals surface area contributed by atoms with Crippen LogP contribution < -0.4 is 0 Å². The van der Waals surface area contributed by atoms with Gasteiger partial charge in [0, 0.05) is 6.04 Å². The second-order valence-electron chi connectivity index (χ2n) is 5.38. The predicted octanol–water partition coefficient (Wildman–Crippen LogP) is 1.42. The van der Waals surface area contributed by atoms with Crippen LogP contribution in [0.4, 0.5) is 13.2 Å². The third kappa shape index (κ3) is 5.18. The molecule has 0 N–H and O–H groups in total. The van der Waals surface area contributed by atoms with Crippen LogP contribution in [0.1, 0.15) is 26.7 Å². The van der Waals surface area contributed by atoms with Gasteiger partial charge in [0.1, 0.15) is 12.6 Å². The standard InChI is InChI=1S/C13H21F3N2O3/c1-9(2)18(8-13(14,15)16)11(19)7-17-6-4-5-10(17)12(20)21-3/h9-10H,4-8H2,1-3H3/t10-/m0/s1. The molecule has 0 bridgehead atoms. The van der Waals surface area contributed by atoms with Crippen LogP contribution in [-0.4, -0.2) is 66.7 Å². The first-order valence-electron chi connectivity index (χ1n) is 6.83. The number of carbonyl (C=O) groups excluding carboxylic acids is 2. The lowest BCUT2D eigenvalue weighted by Crippen LogP contribution is -2.49. The number of alkyl halides is 3. The van der Waals surface area contributed by atoms with Gasteiger partial charge >= 0.3 is 12.1 Å². The van der Waals surface area contributed by atoms with E-state index in [9.17, 15) is 22.8 Å². The molecule has 1 fully saturated rings. The van der Waals surface area contributed by atoms with Crippen LogP contribution in [0.3, 0.4) is 0 Å². The summed E-state index contributed by atoms with van der Waals surface area (Å²) >= 11 is 0. The Hall–Kier alpha value is -1.31. The molecule has 0 aromatic rings. The van der Waals surface area contributed by atoms with E-state index in [4.69, 9.17) is 0 Å². The van der Waals surface area contributed by atoms with Crippen molar-refractivity contribution in [2.75, 3.05) is 26.7 Å². The van der Waals surface area contributed by atoms with E-state index in [0.29, 0.717) is 19.4 Å². The molecule has 1 atom stereocenters. The topological polar surface area (TPSA) is 49.9 Å². The molecule has 122 valence electrons. The molecule has 1 rings (SSSR count). The number of hydrogen-bond acceptors (Lipinski definition) is 4. The van der Waals surface area contributed by atoms with Crippen molar-refractivity contribution in [2.24, 2.45) is 0 Å². The summed E-state index contributed by atoms with van der Waals surface area (Å²) in [5.74, 6) is -1.08. The van der Waals surface area contributed by atoms with E-state index < -0.39 is 36.7 Å². The Kier molecular flexibility index (Phi) is 6.00. The molecule has 0 aliphatic carbocycles. The SMILES string of the molecule is COC(=O)[C@@H]1CCCN1CC(=O)N(CC(F)(F)F)C(C)C. The zero-order valence-corrected chi connectivity index (χ0v) is 12.4. The second kappa shape index (κ2) is 7.11. The molecule has 1 amide bonds. The summed E-state index contributed by atoms with van der Waals surface area (Å²) in [6.45, 7) is 2.09. The van der Waals surface area contributed by atoms with E-state index in [0.717, 1.165) is 4.90 Å². The molecule has 0 radical (unpaired) electrons. The fraction of sp³-hybridized carbons (Fsp3) is 0.846. The number of esters is 1. The minimum atomic E-state index is -4.44. The van der Waals surface area contributed by atoms with Crippen molar-refractivity contribution in [1.29, 1.82) is 0 Å².